The first kappa shape index (κ1) is 33.3. The fourth-order valence-corrected chi connectivity index (χ4v) is 4.13. The lowest BCUT2D eigenvalue weighted by atomic mass is 10.1. The number of carbonyl (C=O) groups is 1. The van der Waals surface area contributed by atoms with Gasteiger partial charge in [-0.2, -0.15) is 0 Å². The van der Waals surface area contributed by atoms with E-state index in [0.29, 0.717) is 19.4 Å². The van der Waals surface area contributed by atoms with Gasteiger partial charge in [0.15, 0.2) is 0 Å². The number of phosphoric ester groups is 1. The molecule has 0 saturated heterocycles. The molecule has 0 bridgehead atoms. The van der Waals surface area contributed by atoms with Crippen molar-refractivity contribution in [3.63, 3.8) is 0 Å². The Labute approximate surface area is 208 Å². The van der Waals surface area contributed by atoms with E-state index in [1.807, 2.05) is 0 Å². The molecule has 0 saturated carbocycles. The molecule has 1 amide bonds. The van der Waals surface area contributed by atoms with Gasteiger partial charge < -0.3 is 15.3 Å². The Morgan fingerprint density at radius 2 is 1.38 bits per heavy atom. The van der Waals surface area contributed by atoms with Crippen LogP contribution in [0.5, 0.6) is 0 Å². The zero-order chi connectivity index (χ0) is 25.5. The van der Waals surface area contributed by atoms with E-state index < -0.39 is 13.4 Å². The number of unbranched alkanes of at least 4 members (excludes halogenated alkanes) is 11. The molecule has 1 unspecified atom stereocenters. The fourth-order valence-electron chi connectivity index (χ4n) is 3.37. The van der Waals surface area contributed by atoms with Gasteiger partial charge in [-0.1, -0.05) is 70.4 Å². The molecule has 0 aliphatic rings. The molecule has 0 spiro atoms. The van der Waals surface area contributed by atoms with Gasteiger partial charge in [-0.3, -0.25) is 13.8 Å². The summed E-state index contributed by atoms with van der Waals surface area (Å²) in [4.78, 5) is 21.4. The van der Waals surface area contributed by atoms with E-state index in [2.05, 4.69) is 24.4 Å². The van der Waals surface area contributed by atoms with E-state index in [1.54, 1.807) is 13.8 Å². The normalized spacial score (nSPS) is 13.9. The number of allylic oxidation sites excluding steroid dienone is 2. The first-order valence-corrected chi connectivity index (χ1v) is 14.9. The summed E-state index contributed by atoms with van der Waals surface area (Å²) in [5.74, 6) is 0.00577. The highest BCUT2D eigenvalue weighted by Gasteiger charge is 2.22. The SMILES string of the molecule is CCCCCCCC/C=C\CCCCCCCC(=O)NCCCOP(=O)(O)OCCC(C)(C)O. The molecule has 0 rings (SSSR count). The average Bonchev–Trinajstić information content (AvgIpc) is 2.75. The third-order valence-electron chi connectivity index (χ3n) is 5.53. The van der Waals surface area contributed by atoms with Crippen molar-refractivity contribution >= 4 is 13.7 Å². The summed E-state index contributed by atoms with van der Waals surface area (Å²) in [5.41, 5.74) is -0.964. The minimum Gasteiger partial charge on any atom is -0.390 e. The Morgan fingerprint density at radius 3 is 1.97 bits per heavy atom. The van der Waals surface area contributed by atoms with Crippen LogP contribution in [0.25, 0.3) is 0 Å². The van der Waals surface area contributed by atoms with Crippen molar-refractivity contribution < 1.29 is 28.4 Å². The standard InChI is InChI=1S/C26H52NO6P/c1-4-5-6-7-8-9-10-11-12-13-14-15-16-17-18-20-25(28)27-22-19-23-32-34(30,31)33-24-21-26(2,3)29/h11-12,29H,4-10,13-24H2,1-3H3,(H,27,28)(H,30,31)/b12-11-. The molecule has 0 aromatic rings. The van der Waals surface area contributed by atoms with Gasteiger partial charge in [-0.25, -0.2) is 4.57 Å². The molecule has 202 valence electrons. The predicted octanol–water partition coefficient (Wildman–Crippen LogP) is 6.82. The number of amides is 1. The van der Waals surface area contributed by atoms with Gasteiger partial charge >= 0.3 is 7.82 Å². The second-order valence-electron chi connectivity index (χ2n) is 9.74. The van der Waals surface area contributed by atoms with Crippen LogP contribution >= 0.6 is 7.82 Å². The topological polar surface area (TPSA) is 105 Å². The summed E-state index contributed by atoms with van der Waals surface area (Å²) in [6, 6.07) is 0. The molecule has 7 nitrogen and oxygen atoms in total. The maximum atomic E-state index is 11.9. The van der Waals surface area contributed by atoms with E-state index >= 15 is 0 Å². The van der Waals surface area contributed by atoms with Crippen molar-refractivity contribution in [3.05, 3.63) is 12.2 Å². The van der Waals surface area contributed by atoms with Gasteiger partial charge in [0, 0.05) is 13.0 Å². The second kappa shape index (κ2) is 21.6. The molecular formula is C26H52NO6P. The van der Waals surface area contributed by atoms with Gasteiger partial charge in [0.2, 0.25) is 5.91 Å². The molecule has 3 N–H and O–H groups in total. The van der Waals surface area contributed by atoms with Crippen molar-refractivity contribution in [2.45, 2.75) is 129 Å². The zero-order valence-electron chi connectivity index (χ0n) is 22.1. The lowest BCUT2D eigenvalue weighted by Crippen LogP contribution is -2.24. The summed E-state index contributed by atoms with van der Waals surface area (Å²) < 4.78 is 21.4. The third kappa shape index (κ3) is 25.9. The van der Waals surface area contributed by atoms with Crippen LogP contribution in [0.4, 0.5) is 0 Å². The number of phosphoric acid groups is 1. The lowest BCUT2D eigenvalue weighted by Gasteiger charge is -2.18. The molecule has 0 aliphatic heterocycles. The van der Waals surface area contributed by atoms with Crippen LogP contribution in [0.3, 0.4) is 0 Å². The summed E-state index contributed by atoms with van der Waals surface area (Å²) in [5, 5.41) is 12.4. The minimum atomic E-state index is -4.12. The van der Waals surface area contributed by atoms with Crippen LogP contribution in [0.15, 0.2) is 12.2 Å². The maximum absolute atomic E-state index is 11.9. The molecule has 0 radical (unpaired) electrons. The number of aliphatic hydroxyl groups is 1. The van der Waals surface area contributed by atoms with Crippen molar-refractivity contribution in [2.24, 2.45) is 0 Å². The van der Waals surface area contributed by atoms with Crippen LogP contribution in [-0.2, 0) is 18.4 Å². The number of carbonyl (C=O) groups excluding carboxylic acids is 1. The molecule has 0 heterocycles. The first-order valence-electron chi connectivity index (χ1n) is 13.4. The monoisotopic (exact) mass is 505 g/mol. The van der Waals surface area contributed by atoms with Gasteiger partial charge in [0.1, 0.15) is 0 Å². The molecular weight excluding hydrogens is 453 g/mol. The highest BCUT2D eigenvalue weighted by molar-refractivity contribution is 7.47. The largest absolute Gasteiger partial charge is 0.472 e. The van der Waals surface area contributed by atoms with Crippen LogP contribution in [0.2, 0.25) is 0 Å². The fraction of sp³-hybridized carbons (Fsp3) is 0.885. The quantitative estimate of drug-likeness (QED) is 0.0755. The van der Waals surface area contributed by atoms with Gasteiger partial charge in [-0.15, -0.1) is 0 Å². The van der Waals surface area contributed by atoms with E-state index in [-0.39, 0.29) is 25.5 Å². The lowest BCUT2D eigenvalue weighted by molar-refractivity contribution is -0.121. The first-order chi connectivity index (χ1) is 16.2. The van der Waals surface area contributed by atoms with E-state index in [9.17, 15) is 19.4 Å². The van der Waals surface area contributed by atoms with Gasteiger partial charge in [-0.05, 0) is 58.8 Å². The number of hydrogen-bond acceptors (Lipinski definition) is 5. The maximum Gasteiger partial charge on any atom is 0.472 e. The smallest absolute Gasteiger partial charge is 0.390 e. The molecule has 0 aromatic carbocycles. The molecule has 0 fully saturated rings. The van der Waals surface area contributed by atoms with Gasteiger partial charge in [0.05, 0.1) is 18.8 Å². The Hall–Kier alpha value is -0.720. The Bertz CT molecular complexity index is 562. The van der Waals surface area contributed by atoms with E-state index in [0.717, 1.165) is 25.7 Å². The molecule has 1 atom stereocenters. The van der Waals surface area contributed by atoms with E-state index in [4.69, 9.17) is 9.05 Å². The zero-order valence-corrected chi connectivity index (χ0v) is 23.0. The summed E-state index contributed by atoms with van der Waals surface area (Å²) in [7, 11) is -4.12. The number of rotatable bonds is 24. The van der Waals surface area contributed by atoms with Crippen molar-refractivity contribution in [2.75, 3.05) is 19.8 Å². The summed E-state index contributed by atoms with van der Waals surface area (Å²) in [6.45, 7) is 5.79. The van der Waals surface area contributed by atoms with Crippen LogP contribution in [0.1, 0.15) is 124 Å². The number of nitrogens with one attached hydrogen (secondary N) is 1. The number of hydrogen-bond donors (Lipinski definition) is 3. The van der Waals surface area contributed by atoms with Crippen molar-refractivity contribution in [3.8, 4) is 0 Å². The summed E-state index contributed by atoms with van der Waals surface area (Å²) >= 11 is 0. The highest BCUT2D eigenvalue weighted by atomic mass is 31.2. The Balaban J connectivity index is 3.45. The second-order valence-corrected chi connectivity index (χ2v) is 11.2. The highest BCUT2D eigenvalue weighted by Crippen LogP contribution is 2.43. The third-order valence-corrected chi connectivity index (χ3v) is 6.55. The van der Waals surface area contributed by atoms with Crippen LogP contribution in [0, 0.1) is 0 Å². The molecule has 0 aromatic heterocycles. The van der Waals surface area contributed by atoms with E-state index in [1.165, 1.54) is 57.8 Å². The van der Waals surface area contributed by atoms with Crippen LogP contribution < -0.4 is 5.32 Å². The van der Waals surface area contributed by atoms with Crippen molar-refractivity contribution in [1.29, 1.82) is 0 Å². The molecule has 34 heavy (non-hydrogen) atoms. The Kier molecular flexibility index (Phi) is 21.1. The molecule has 0 aliphatic carbocycles. The molecule has 8 heteroatoms. The van der Waals surface area contributed by atoms with Gasteiger partial charge in [0.25, 0.3) is 0 Å². The summed E-state index contributed by atoms with van der Waals surface area (Å²) in [6.07, 6.45) is 21.8. The Morgan fingerprint density at radius 1 is 0.853 bits per heavy atom. The predicted molar refractivity (Wildman–Crippen MR) is 140 cm³/mol. The van der Waals surface area contributed by atoms with Crippen molar-refractivity contribution in [1.82, 2.24) is 5.32 Å². The minimum absolute atomic E-state index is 0.00577. The average molecular weight is 506 g/mol. The van der Waals surface area contributed by atoms with Crippen LogP contribution in [-0.4, -0.2) is 41.3 Å².